The van der Waals surface area contributed by atoms with E-state index in [9.17, 15) is 14.4 Å². The molecule has 1 fully saturated rings. The minimum Gasteiger partial charge on any atom is -0.455 e. The minimum absolute atomic E-state index is 0.0748. The highest BCUT2D eigenvalue weighted by atomic mass is 16.6. The molecule has 0 bridgehead atoms. The van der Waals surface area contributed by atoms with E-state index < -0.39 is 58.7 Å². The van der Waals surface area contributed by atoms with Crippen LogP contribution in [-0.4, -0.2) is 49.1 Å². The molecule has 0 amide bonds. The zero-order chi connectivity index (χ0) is 22.1. The number of esters is 3. The Morgan fingerprint density at radius 3 is 1.46 bits per heavy atom. The summed E-state index contributed by atoms with van der Waals surface area (Å²) < 4.78 is 22.2. The predicted molar refractivity (Wildman–Crippen MR) is 102 cm³/mol. The van der Waals surface area contributed by atoms with Crippen molar-refractivity contribution in [3.8, 4) is 0 Å². The van der Waals surface area contributed by atoms with Crippen LogP contribution >= 0.6 is 0 Å². The van der Waals surface area contributed by atoms with Crippen LogP contribution in [0.5, 0.6) is 0 Å². The minimum atomic E-state index is -1.11. The lowest BCUT2D eigenvalue weighted by atomic mass is 9.95. The van der Waals surface area contributed by atoms with Crippen LogP contribution in [0, 0.1) is 16.2 Å². The monoisotopic (exact) mass is 401 g/mol. The first-order valence-electron chi connectivity index (χ1n) is 9.45. The van der Waals surface area contributed by atoms with Crippen LogP contribution in [0.1, 0.15) is 62.3 Å². The molecule has 0 saturated carbocycles. The molecule has 162 valence electrons. The number of rotatable bonds is 3. The average molecular weight is 402 g/mol. The number of hydrogen-bond acceptors (Lipinski definition) is 8. The fourth-order valence-electron chi connectivity index (χ4n) is 2.09. The number of hydrogen-bond donors (Lipinski definition) is 1. The Labute approximate surface area is 167 Å². The van der Waals surface area contributed by atoms with Crippen molar-refractivity contribution >= 4 is 17.9 Å². The van der Waals surface area contributed by atoms with E-state index in [1.165, 1.54) is 0 Å². The van der Waals surface area contributed by atoms with Crippen LogP contribution in [-0.2, 0) is 33.3 Å². The molecule has 0 radical (unpaired) electrons. The van der Waals surface area contributed by atoms with Crippen molar-refractivity contribution in [1.82, 2.24) is 0 Å². The molecule has 0 aromatic heterocycles. The lowest BCUT2D eigenvalue weighted by Gasteiger charge is -2.41. The van der Waals surface area contributed by atoms with Gasteiger partial charge in [0.2, 0.25) is 0 Å². The van der Waals surface area contributed by atoms with Gasteiger partial charge in [0.15, 0.2) is 18.3 Å². The Bertz CT molecular complexity index is 595. The first kappa shape index (κ1) is 24.4. The van der Waals surface area contributed by atoms with Crippen LogP contribution in [0.15, 0.2) is 0 Å². The van der Waals surface area contributed by atoms with Gasteiger partial charge in [0.1, 0.15) is 6.23 Å². The Kier molecular flexibility index (Phi) is 7.28. The molecule has 8 heteroatoms. The molecule has 8 nitrogen and oxygen atoms in total. The highest BCUT2D eigenvalue weighted by molar-refractivity contribution is 5.77. The second kappa shape index (κ2) is 8.37. The van der Waals surface area contributed by atoms with Gasteiger partial charge >= 0.3 is 17.9 Å². The van der Waals surface area contributed by atoms with E-state index in [0.717, 1.165) is 0 Å². The third-order valence-electron chi connectivity index (χ3n) is 4.05. The third kappa shape index (κ3) is 6.44. The smallest absolute Gasteiger partial charge is 0.311 e. The molecule has 0 aromatic carbocycles. The topological polar surface area (TPSA) is 114 Å². The van der Waals surface area contributed by atoms with E-state index in [1.54, 1.807) is 62.3 Å². The molecule has 1 unspecified atom stereocenters. The van der Waals surface area contributed by atoms with Crippen molar-refractivity contribution in [1.29, 1.82) is 0 Å². The number of ether oxygens (including phenoxy) is 4. The molecule has 0 aromatic rings. The summed E-state index contributed by atoms with van der Waals surface area (Å²) in [6, 6.07) is 0. The summed E-state index contributed by atoms with van der Waals surface area (Å²) in [7, 11) is 0. The van der Waals surface area contributed by atoms with Crippen LogP contribution < -0.4 is 5.73 Å². The Morgan fingerprint density at radius 2 is 1.07 bits per heavy atom. The highest BCUT2D eigenvalue weighted by Crippen LogP contribution is 2.29. The van der Waals surface area contributed by atoms with Gasteiger partial charge in [-0.1, -0.05) is 0 Å². The van der Waals surface area contributed by atoms with E-state index in [-0.39, 0.29) is 6.61 Å². The van der Waals surface area contributed by atoms with Gasteiger partial charge in [0, 0.05) is 0 Å². The molecular formula is C20H35NO7. The maximum Gasteiger partial charge on any atom is 0.311 e. The fraction of sp³-hybridized carbons (Fsp3) is 0.850. The van der Waals surface area contributed by atoms with Gasteiger partial charge in [-0.2, -0.15) is 0 Å². The van der Waals surface area contributed by atoms with Crippen LogP contribution in [0.3, 0.4) is 0 Å². The van der Waals surface area contributed by atoms with Crippen LogP contribution in [0.25, 0.3) is 0 Å². The lowest BCUT2D eigenvalue weighted by molar-refractivity contribution is -0.234. The Morgan fingerprint density at radius 1 is 0.714 bits per heavy atom. The molecule has 1 rings (SSSR count). The van der Waals surface area contributed by atoms with E-state index in [4.69, 9.17) is 24.7 Å². The Hall–Kier alpha value is -1.67. The van der Waals surface area contributed by atoms with E-state index in [1.807, 2.05) is 0 Å². The zero-order valence-electron chi connectivity index (χ0n) is 18.5. The molecule has 28 heavy (non-hydrogen) atoms. The van der Waals surface area contributed by atoms with Crippen molar-refractivity contribution in [2.24, 2.45) is 22.0 Å². The molecule has 2 N–H and O–H groups in total. The first-order valence-corrected chi connectivity index (χ1v) is 9.45. The fourth-order valence-corrected chi connectivity index (χ4v) is 2.09. The SMILES string of the molecule is CC(C)(C)C(=O)O[C@H]1[C@H](OC(=O)C(C)(C)C)C(N)OC[C@H]1OC(=O)C(C)(C)C. The summed E-state index contributed by atoms with van der Waals surface area (Å²) in [5.41, 5.74) is 3.62. The summed E-state index contributed by atoms with van der Waals surface area (Å²) in [6.45, 7) is 15.2. The molecule has 1 aliphatic rings. The van der Waals surface area contributed by atoms with Crippen molar-refractivity contribution in [3.05, 3.63) is 0 Å². The van der Waals surface area contributed by atoms with E-state index >= 15 is 0 Å². The van der Waals surface area contributed by atoms with Gasteiger partial charge in [-0.15, -0.1) is 0 Å². The quantitative estimate of drug-likeness (QED) is 0.565. The first-order chi connectivity index (χ1) is 12.4. The van der Waals surface area contributed by atoms with Crippen LogP contribution in [0.4, 0.5) is 0 Å². The molecule has 1 heterocycles. The van der Waals surface area contributed by atoms with Gasteiger partial charge in [-0.05, 0) is 62.3 Å². The standard InChI is InChI=1S/C20H35NO7/c1-18(2,3)15(22)26-11-10-25-14(21)13(28-17(24)20(7,8)9)12(11)27-16(23)19(4,5)6/h11-14H,10,21H2,1-9H3/t11-,12-,13+,14?/m1/s1. The molecule has 1 saturated heterocycles. The summed E-state index contributed by atoms with van der Waals surface area (Å²) >= 11 is 0. The largest absolute Gasteiger partial charge is 0.455 e. The summed E-state index contributed by atoms with van der Waals surface area (Å²) in [4.78, 5) is 37.3. The summed E-state index contributed by atoms with van der Waals surface area (Å²) in [6.07, 6.45) is -4.15. The van der Waals surface area contributed by atoms with Crippen molar-refractivity contribution in [2.75, 3.05) is 6.61 Å². The van der Waals surface area contributed by atoms with Crippen molar-refractivity contribution in [3.63, 3.8) is 0 Å². The van der Waals surface area contributed by atoms with Crippen molar-refractivity contribution < 1.29 is 33.3 Å². The maximum atomic E-state index is 12.5. The van der Waals surface area contributed by atoms with E-state index in [0.29, 0.717) is 0 Å². The van der Waals surface area contributed by atoms with Gasteiger partial charge in [0.25, 0.3) is 0 Å². The van der Waals surface area contributed by atoms with Crippen LogP contribution in [0.2, 0.25) is 0 Å². The number of nitrogens with two attached hydrogens (primary N) is 1. The highest BCUT2D eigenvalue weighted by Gasteiger charge is 2.48. The van der Waals surface area contributed by atoms with Gasteiger partial charge in [-0.25, -0.2) is 0 Å². The predicted octanol–water partition coefficient (Wildman–Crippen LogP) is 2.18. The third-order valence-corrected chi connectivity index (χ3v) is 4.05. The maximum absolute atomic E-state index is 12.5. The van der Waals surface area contributed by atoms with E-state index in [2.05, 4.69) is 0 Å². The summed E-state index contributed by atoms with van der Waals surface area (Å²) in [5.74, 6) is -1.55. The summed E-state index contributed by atoms with van der Waals surface area (Å²) in [5, 5.41) is 0. The molecule has 1 aliphatic heterocycles. The second-order valence-electron chi connectivity index (χ2n) is 10.2. The average Bonchev–Trinajstić information content (AvgIpc) is 2.49. The normalized spacial score (nSPS) is 26.4. The lowest BCUT2D eigenvalue weighted by Crippen LogP contribution is -2.61. The van der Waals surface area contributed by atoms with Gasteiger partial charge in [-0.3, -0.25) is 14.4 Å². The number of carbonyl (C=O) groups excluding carboxylic acids is 3. The number of carbonyl (C=O) groups is 3. The zero-order valence-corrected chi connectivity index (χ0v) is 18.5. The molecule has 0 aliphatic carbocycles. The molecule has 4 atom stereocenters. The second-order valence-corrected chi connectivity index (χ2v) is 10.2. The van der Waals surface area contributed by atoms with Gasteiger partial charge in [0.05, 0.1) is 22.9 Å². The van der Waals surface area contributed by atoms with Gasteiger partial charge < -0.3 is 24.7 Å². The van der Waals surface area contributed by atoms with Crippen molar-refractivity contribution in [2.45, 2.75) is 86.9 Å². The molecule has 0 spiro atoms. The Balaban J connectivity index is 3.18. The molecular weight excluding hydrogens is 366 g/mol.